The molecule has 0 spiro atoms. The fraction of sp³-hybridized carbons (Fsp3) is 0.733. The number of piperidine rings is 1. The van der Waals surface area contributed by atoms with E-state index in [1.165, 1.54) is 19.3 Å². The molecule has 1 atom stereocenters. The van der Waals surface area contributed by atoms with Crippen LogP contribution in [0, 0.1) is 18.3 Å². The van der Waals surface area contributed by atoms with Crippen molar-refractivity contribution in [3.05, 3.63) is 0 Å². The molecule has 1 saturated heterocycles. The summed E-state index contributed by atoms with van der Waals surface area (Å²) in [6, 6.07) is 0.301. The van der Waals surface area contributed by atoms with Crippen LogP contribution in [0.5, 0.6) is 0 Å². The van der Waals surface area contributed by atoms with Crippen LogP contribution in [0.15, 0.2) is 0 Å². The lowest BCUT2D eigenvalue weighted by atomic mass is 9.91. The van der Waals surface area contributed by atoms with E-state index in [-0.39, 0.29) is 17.7 Å². The zero-order valence-electron chi connectivity index (χ0n) is 11.4. The van der Waals surface area contributed by atoms with E-state index in [1.54, 1.807) is 0 Å². The number of hydrogen-bond donors (Lipinski definition) is 1. The molecule has 1 saturated carbocycles. The Bertz CT molecular complexity index is 370. The molecule has 4 heteroatoms. The molecule has 0 aromatic rings. The minimum Gasteiger partial charge on any atom is -0.355 e. The molecule has 2 fully saturated rings. The average Bonchev–Trinajstić information content (AvgIpc) is 2.46. The van der Waals surface area contributed by atoms with Crippen LogP contribution in [0.3, 0.4) is 0 Å². The molecule has 0 aromatic carbocycles. The molecule has 104 valence electrons. The van der Waals surface area contributed by atoms with Crippen molar-refractivity contribution in [1.82, 2.24) is 10.2 Å². The van der Waals surface area contributed by atoms with Gasteiger partial charge < -0.3 is 10.2 Å². The SMILES string of the molecule is C#CCN(C(=O)C1CCC(=O)NC1)C1CCCCC1. The van der Waals surface area contributed by atoms with Crippen LogP contribution in [0.25, 0.3) is 0 Å². The van der Waals surface area contributed by atoms with E-state index in [9.17, 15) is 9.59 Å². The molecule has 2 amide bonds. The fourth-order valence-electron chi connectivity index (χ4n) is 3.06. The summed E-state index contributed by atoms with van der Waals surface area (Å²) in [4.78, 5) is 25.6. The van der Waals surface area contributed by atoms with Crippen LogP contribution < -0.4 is 5.32 Å². The van der Waals surface area contributed by atoms with E-state index in [4.69, 9.17) is 6.42 Å². The van der Waals surface area contributed by atoms with Crippen molar-refractivity contribution in [2.45, 2.75) is 51.0 Å². The third-order valence-electron chi connectivity index (χ3n) is 4.17. The molecule has 0 aromatic heterocycles. The average molecular weight is 262 g/mol. The third kappa shape index (κ3) is 3.50. The summed E-state index contributed by atoms with van der Waals surface area (Å²) in [6.45, 7) is 0.861. The van der Waals surface area contributed by atoms with Crippen LogP contribution in [0.4, 0.5) is 0 Å². The number of carbonyl (C=O) groups excluding carboxylic acids is 2. The summed E-state index contributed by atoms with van der Waals surface area (Å²) in [5, 5.41) is 2.77. The Morgan fingerprint density at radius 2 is 2.05 bits per heavy atom. The molecule has 2 aliphatic rings. The lowest BCUT2D eigenvalue weighted by Gasteiger charge is -2.36. The van der Waals surface area contributed by atoms with Gasteiger partial charge in [0.05, 0.1) is 12.5 Å². The molecule has 1 N–H and O–H groups in total. The second kappa shape index (κ2) is 6.60. The first kappa shape index (κ1) is 13.9. The fourth-order valence-corrected chi connectivity index (χ4v) is 3.06. The van der Waals surface area contributed by atoms with Crippen molar-refractivity contribution in [3.8, 4) is 12.3 Å². The Morgan fingerprint density at radius 1 is 1.32 bits per heavy atom. The van der Waals surface area contributed by atoms with Crippen LogP contribution in [0.2, 0.25) is 0 Å². The van der Waals surface area contributed by atoms with Gasteiger partial charge in [0.2, 0.25) is 11.8 Å². The molecular weight excluding hydrogens is 240 g/mol. The van der Waals surface area contributed by atoms with Gasteiger partial charge in [0.25, 0.3) is 0 Å². The van der Waals surface area contributed by atoms with Crippen LogP contribution in [-0.4, -0.2) is 35.8 Å². The number of amides is 2. The maximum atomic E-state index is 12.6. The predicted molar refractivity (Wildman–Crippen MR) is 73.2 cm³/mol. The quantitative estimate of drug-likeness (QED) is 0.780. The summed E-state index contributed by atoms with van der Waals surface area (Å²) in [5.74, 6) is 2.70. The highest BCUT2D eigenvalue weighted by Gasteiger charge is 2.32. The standard InChI is InChI=1S/C15H22N2O2/c1-2-10-17(13-6-4-3-5-7-13)15(19)12-8-9-14(18)16-11-12/h1,12-13H,3-11H2,(H,16,18). The lowest BCUT2D eigenvalue weighted by molar-refractivity contribution is -0.139. The van der Waals surface area contributed by atoms with Gasteiger partial charge in [0, 0.05) is 19.0 Å². The Hall–Kier alpha value is -1.50. The Labute approximate surface area is 114 Å². The minimum atomic E-state index is -0.0898. The Morgan fingerprint density at radius 3 is 2.63 bits per heavy atom. The minimum absolute atomic E-state index is 0.0465. The zero-order chi connectivity index (χ0) is 13.7. The normalized spacial score (nSPS) is 24.4. The highest BCUT2D eigenvalue weighted by Crippen LogP contribution is 2.25. The molecule has 1 heterocycles. The number of hydrogen-bond acceptors (Lipinski definition) is 2. The van der Waals surface area contributed by atoms with Gasteiger partial charge in [-0.3, -0.25) is 9.59 Å². The topological polar surface area (TPSA) is 49.4 Å². The number of nitrogens with zero attached hydrogens (tertiary/aromatic N) is 1. The van der Waals surface area contributed by atoms with Crippen molar-refractivity contribution in [3.63, 3.8) is 0 Å². The van der Waals surface area contributed by atoms with E-state index in [1.807, 2.05) is 4.90 Å². The van der Waals surface area contributed by atoms with Crippen molar-refractivity contribution in [2.75, 3.05) is 13.1 Å². The maximum absolute atomic E-state index is 12.6. The van der Waals surface area contributed by atoms with Gasteiger partial charge in [-0.05, 0) is 19.3 Å². The second-order valence-corrected chi connectivity index (χ2v) is 5.50. The Balaban J connectivity index is 1.99. The van der Waals surface area contributed by atoms with Crippen LogP contribution in [0.1, 0.15) is 44.9 Å². The van der Waals surface area contributed by atoms with Crippen LogP contribution in [-0.2, 0) is 9.59 Å². The first-order valence-electron chi connectivity index (χ1n) is 7.23. The summed E-state index contributed by atoms with van der Waals surface area (Å²) in [6.07, 6.45) is 12.3. The summed E-state index contributed by atoms with van der Waals surface area (Å²) >= 11 is 0. The van der Waals surface area contributed by atoms with Crippen molar-refractivity contribution in [2.24, 2.45) is 5.92 Å². The maximum Gasteiger partial charge on any atom is 0.228 e. The number of terminal acetylenes is 1. The van der Waals surface area contributed by atoms with Gasteiger partial charge in [-0.25, -0.2) is 0 Å². The van der Waals surface area contributed by atoms with Crippen molar-refractivity contribution >= 4 is 11.8 Å². The first-order chi connectivity index (χ1) is 9.22. The van der Waals surface area contributed by atoms with Crippen molar-refractivity contribution in [1.29, 1.82) is 0 Å². The Kier molecular flexibility index (Phi) is 4.84. The predicted octanol–water partition coefficient (Wildman–Crippen LogP) is 1.31. The molecule has 19 heavy (non-hydrogen) atoms. The smallest absolute Gasteiger partial charge is 0.228 e. The van der Waals surface area contributed by atoms with E-state index in [0.29, 0.717) is 32.0 Å². The van der Waals surface area contributed by atoms with Gasteiger partial charge in [0.15, 0.2) is 0 Å². The number of carbonyl (C=O) groups is 2. The second-order valence-electron chi connectivity index (χ2n) is 5.50. The molecule has 0 bridgehead atoms. The molecule has 1 unspecified atom stereocenters. The first-order valence-corrected chi connectivity index (χ1v) is 7.23. The van der Waals surface area contributed by atoms with E-state index in [2.05, 4.69) is 11.2 Å². The molecule has 4 nitrogen and oxygen atoms in total. The highest BCUT2D eigenvalue weighted by molar-refractivity contribution is 5.84. The van der Waals surface area contributed by atoms with E-state index >= 15 is 0 Å². The summed E-state index contributed by atoms with van der Waals surface area (Å²) < 4.78 is 0. The van der Waals surface area contributed by atoms with Crippen molar-refractivity contribution < 1.29 is 9.59 Å². The molecule has 2 rings (SSSR count). The van der Waals surface area contributed by atoms with Gasteiger partial charge >= 0.3 is 0 Å². The third-order valence-corrected chi connectivity index (χ3v) is 4.17. The zero-order valence-corrected chi connectivity index (χ0v) is 11.4. The summed E-state index contributed by atoms with van der Waals surface area (Å²) in [5.41, 5.74) is 0. The monoisotopic (exact) mass is 262 g/mol. The highest BCUT2D eigenvalue weighted by atomic mass is 16.2. The van der Waals surface area contributed by atoms with Gasteiger partial charge in [-0.2, -0.15) is 0 Å². The lowest BCUT2D eigenvalue weighted by Crippen LogP contribution is -2.49. The van der Waals surface area contributed by atoms with Gasteiger partial charge in [0.1, 0.15) is 0 Å². The molecule has 0 radical (unpaired) electrons. The molecule has 1 aliphatic heterocycles. The van der Waals surface area contributed by atoms with Gasteiger partial charge in [-0.1, -0.05) is 25.2 Å². The summed E-state index contributed by atoms with van der Waals surface area (Å²) in [7, 11) is 0. The molecule has 1 aliphatic carbocycles. The van der Waals surface area contributed by atoms with E-state index < -0.39 is 0 Å². The largest absolute Gasteiger partial charge is 0.355 e. The van der Waals surface area contributed by atoms with E-state index in [0.717, 1.165) is 12.8 Å². The number of nitrogens with one attached hydrogen (secondary N) is 1. The van der Waals surface area contributed by atoms with Gasteiger partial charge in [-0.15, -0.1) is 6.42 Å². The van der Waals surface area contributed by atoms with Crippen LogP contribution >= 0.6 is 0 Å². The molecular formula is C15H22N2O2. The number of rotatable bonds is 3.